The third-order valence-electron chi connectivity index (χ3n) is 3.53. The fourth-order valence-corrected chi connectivity index (χ4v) is 3.03. The van der Waals surface area contributed by atoms with Crippen LogP contribution in [0.4, 0.5) is 0 Å². The summed E-state index contributed by atoms with van der Waals surface area (Å²) in [6, 6.07) is 0.588. The molecule has 1 fully saturated rings. The van der Waals surface area contributed by atoms with Gasteiger partial charge < -0.3 is 9.84 Å². The van der Waals surface area contributed by atoms with Crippen LogP contribution in [-0.4, -0.2) is 22.4 Å². The number of hydrogen-bond acceptors (Lipinski definition) is 5. The lowest BCUT2D eigenvalue weighted by Crippen LogP contribution is -2.36. The Balaban J connectivity index is 1.79. The number of rotatable bonds is 5. The van der Waals surface area contributed by atoms with Gasteiger partial charge in [-0.15, -0.1) is 0 Å². The lowest BCUT2D eigenvalue weighted by Gasteiger charge is -2.35. The number of aromatic nitrogens is 2. The summed E-state index contributed by atoms with van der Waals surface area (Å²) in [6.07, 6.45) is 7.18. The van der Waals surface area contributed by atoms with Gasteiger partial charge >= 0.3 is 0 Å². The van der Waals surface area contributed by atoms with Gasteiger partial charge in [-0.05, 0) is 30.9 Å². The van der Waals surface area contributed by atoms with E-state index in [-0.39, 0.29) is 0 Å². The highest BCUT2D eigenvalue weighted by molar-refractivity contribution is 7.97. The summed E-state index contributed by atoms with van der Waals surface area (Å²) >= 11 is 1.71. The molecule has 5 heteroatoms. The van der Waals surface area contributed by atoms with Crippen molar-refractivity contribution in [3.05, 3.63) is 11.7 Å². The third-order valence-corrected chi connectivity index (χ3v) is 4.08. The molecule has 0 radical (unpaired) electrons. The van der Waals surface area contributed by atoms with E-state index >= 15 is 0 Å². The predicted molar refractivity (Wildman–Crippen MR) is 74.4 cm³/mol. The Morgan fingerprint density at radius 3 is 3.06 bits per heavy atom. The zero-order chi connectivity index (χ0) is 13.0. The molecule has 0 aliphatic heterocycles. The summed E-state index contributed by atoms with van der Waals surface area (Å²) in [6.45, 7) is 5.40. The SMILES string of the molecule is CSCc1noc(CN[C@H]2CCCC(C)(C)C2)n1. The lowest BCUT2D eigenvalue weighted by molar-refractivity contribution is 0.194. The fraction of sp³-hybridized carbons (Fsp3) is 0.846. The second-order valence-corrected chi connectivity index (χ2v) is 6.74. The van der Waals surface area contributed by atoms with Gasteiger partial charge in [0.25, 0.3) is 0 Å². The van der Waals surface area contributed by atoms with Crippen molar-refractivity contribution in [2.75, 3.05) is 6.26 Å². The average molecular weight is 269 g/mol. The van der Waals surface area contributed by atoms with Crippen molar-refractivity contribution >= 4 is 11.8 Å². The van der Waals surface area contributed by atoms with Crippen LogP contribution in [0.15, 0.2) is 4.52 Å². The quantitative estimate of drug-likeness (QED) is 0.890. The molecule has 1 aliphatic carbocycles. The first-order valence-corrected chi connectivity index (χ1v) is 8.02. The van der Waals surface area contributed by atoms with Gasteiger partial charge in [-0.3, -0.25) is 0 Å². The molecular weight excluding hydrogens is 246 g/mol. The van der Waals surface area contributed by atoms with Crippen molar-refractivity contribution in [2.24, 2.45) is 5.41 Å². The Kier molecular flexibility index (Phi) is 4.67. The molecule has 102 valence electrons. The fourth-order valence-electron chi connectivity index (χ4n) is 2.65. The Hall–Kier alpha value is -0.550. The van der Waals surface area contributed by atoms with Gasteiger partial charge in [0.05, 0.1) is 12.3 Å². The topological polar surface area (TPSA) is 51.0 Å². The van der Waals surface area contributed by atoms with Crippen LogP contribution < -0.4 is 5.32 Å². The number of nitrogens with one attached hydrogen (secondary N) is 1. The van der Waals surface area contributed by atoms with Crippen LogP contribution in [0.5, 0.6) is 0 Å². The van der Waals surface area contributed by atoms with Crippen molar-refractivity contribution in [1.29, 1.82) is 0 Å². The highest BCUT2D eigenvalue weighted by Gasteiger charge is 2.27. The molecule has 0 bridgehead atoms. The van der Waals surface area contributed by atoms with Crippen LogP contribution in [0.2, 0.25) is 0 Å². The Bertz CT molecular complexity index is 378. The van der Waals surface area contributed by atoms with E-state index in [1.807, 2.05) is 6.26 Å². The van der Waals surface area contributed by atoms with Crippen LogP contribution in [0, 0.1) is 5.41 Å². The van der Waals surface area contributed by atoms with E-state index in [9.17, 15) is 0 Å². The zero-order valence-corrected chi connectivity index (χ0v) is 12.3. The number of thioether (sulfide) groups is 1. The molecule has 0 amide bonds. The molecule has 1 heterocycles. The van der Waals surface area contributed by atoms with Gasteiger partial charge in [0, 0.05) is 6.04 Å². The molecule has 1 aliphatic rings. The molecule has 18 heavy (non-hydrogen) atoms. The Morgan fingerprint density at radius 1 is 1.50 bits per heavy atom. The highest BCUT2D eigenvalue weighted by atomic mass is 32.2. The Morgan fingerprint density at radius 2 is 2.33 bits per heavy atom. The second-order valence-electron chi connectivity index (χ2n) is 5.88. The van der Waals surface area contributed by atoms with E-state index < -0.39 is 0 Å². The van der Waals surface area contributed by atoms with Crippen molar-refractivity contribution < 1.29 is 4.52 Å². The maximum absolute atomic E-state index is 5.22. The van der Waals surface area contributed by atoms with Crippen LogP contribution in [-0.2, 0) is 12.3 Å². The molecule has 1 atom stereocenters. The lowest BCUT2D eigenvalue weighted by atomic mass is 9.75. The predicted octanol–water partition coefficient (Wildman–Crippen LogP) is 2.99. The molecular formula is C13H23N3OS. The first-order chi connectivity index (χ1) is 8.59. The normalized spacial score (nSPS) is 23.2. The Labute approximate surface area is 113 Å². The second kappa shape index (κ2) is 6.06. The maximum Gasteiger partial charge on any atom is 0.240 e. The van der Waals surface area contributed by atoms with Gasteiger partial charge in [-0.2, -0.15) is 16.7 Å². The minimum Gasteiger partial charge on any atom is -0.338 e. The highest BCUT2D eigenvalue weighted by Crippen LogP contribution is 2.35. The third kappa shape index (κ3) is 3.99. The minimum absolute atomic E-state index is 0.467. The van der Waals surface area contributed by atoms with Crippen molar-refractivity contribution in [3.63, 3.8) is 0 Å². The van der Waals surface area contributed by atoms with Gasteiger partial charge in [0.15, 0.2) is 5.82 Å². The summed E-state index contributed by atoms with van der Waals surface area (Å²) in [5.41, 5.74) is 0.467. The number of nitrogens with zero attached hydrogens (tertiary/aromatic N) is 2. The van der Waals surface area contributed by atoms with E-state index in [0.717, 1.165) is 11.6 Å². The van der Waals surface area contributed by atoms with Crippen LogP contribution in [0.1, 0.15) is 51.2 Å². The van der Waals surface area contributed by atoms with Crippen LogP contribution in [0.25, 0.3) is 0 Å². The maximum atomic E-state index is 5.22. The van der Waals surface area contributed by atoms with Crippen molar-refractivity contribution in [3.8, 4) is 0 Å². The van der Waals surface area contributed by atoms with Crippen molar-refractivity contribution in [1.82, 2.24) is 15.5 Å². The van der Waals surface area contributed by atoms with Crippen LogP contribution >= 0.6 is 11.8 Å². The molecule has 2 rings (SSSR count). The standard InChI is InChI=1S/C13H23N3OS/c1-13(2)6-4-5-10(7-13)14-8-12-15-11(9-18-3)16-17-12/h10,14H,4-9H2,1-3H3/t10-/m0/s1. The molecule has 4 nitrogen and oxygen atoms in total. The molecule has 0 saturated heterocycles. The van der Waals surface area contributed by atoms with E-state index in [2.05, 4.69) is 29.3 Å². The van der Waals surface area contributed by atoms with E-state index in [1.54, 1.807) is 11.8 Å². The van der Waals surface area contributed by atoms with Crippen molar-refractivity contribution in [2.45, 2.75) is 57.9 Å². The van der Waals surface area contributed by atoms with Gasteiger partial charge in [-0.25, -0.2) is 0 Å². The monoisotopic (exact) mass is 269 g/mol. The summed E-state index contributed by atoms with van der Waals surface area (Å²) in [5, 5.41) is 7.50. The summed E-state index contributed by atoms with van der Waals surface area (Å²) in [7, 11) is 0. The van der Waals surface area contributed by atoms with E-state index in [4.69, 9.17) is 4.52 Å². The summed E-state index contributed by atoms with van der Waals surface area (Å²) < 4.78 is 5.22. The molecule has 0 unspecified atom stereocenters. The smallest absolute Gasteiger partial charge is 0.240 e. The van der Waals surface area contributed by atoms with Gasteiger partial charge in [0.2, 0.25) is 5.89 Å². The number of hydrogen-bond donors (Lipinski definition) is 1. The molecule has 1 saturated carbocycles. The van der Waals surface area contributed by atoms with E-state index in [1.165, 1.54) is 25.7 Å². The van der Waals surface area contributed by atoms with E-state index in [0.29, 0.717) is 23.9 Å². The summed E-state index contributed by atoms with van der Waals surface area (Å²) in [4.78, 5) is 4.36. The average Bonchev–Trinajstić information content (AvgIpc) is 2.74. The largest absolute Gasteiger partial charge is 0.338 e. The molecule has 1 N–H and O–H groups in total. The van der Waals surface area contributed by atoms with Gasteiger partial charge in [-0.1, -0.05) is 25.4 Å². The van der Waals surface area contributed by atoms with Gasteiger partial charge in [0.1, 0.15) is 0 Å². The zero-order valence-electron chi connectivity index (χ0n) is 11.5. The minimum atomic E-state index is 0.467. The first-order valence-electron chi connectivity index (χ1n) is 6.63. The molecule has 1 aromatic rings. The summed E-state index contributed by atoms with van der Waals surface area (Å²) in [5.74, 6) is 2.32. The molecule has 0 aromatic carbocycles. The molecule has 0 spiro atoms. The van der Waals surface area contributed by atoms with Crippen LogP contribution in [0.3, 0.4) is 0 Å². The molecule has 1 aromatic heterocycles. The first kappa shape index (κ1) is 13.9.